The standard InChI is InChI=1S/C10H9N5O2/c11-14-12-5-6-15-9(16)7-3-1-2-4-8(7)13-10(15)17/h1-4H,5-6H2,(H,13,17). The van der Waals surface area contributed by atoms with Gasteiger partial charge in [0.25, 0.3) is 5.56 Å². The third-order valence-electron chi connectivity index (χ3n) is 2.38. The van der Waals surface area contributed by atoms with Crippen molar-refractivity contribution < 1.29 is 0 Å². The van der Waals surface area contributed by atoms with Crippen molar-refractivity contribution in [3.05, 3.63) is 55.5 Å². The molecule has 0 unspecified atom stereocenters. The van der Waals surface area contributed by atoms with Crippen LogP contribution in [-0.2, 0) is 6.54 Å². The van der Waals surface area contributed by atoms with E-state index in [0.717, 1.165) is 4.57 Å². The number of H-pyrrole nitrogens is 1. The molecule has 0 aliphatic heterocycles. The minimum atomic E-state index is -0.498. The molecule has 7 heteroatoms. The SMILES string of the molecule is [N-]=[N+]=NCCn1c(=O)[nH]c2ccccc2c1=O. The second-order valence-electron chi connectivity index (χ2n) is 3.39. The molecule has 17 heavy (non-hydrogen) atoms. The highest BCUT2D eigenvalue weighted by molar-refractivity contribution is 5.76. The molecule has 0 saturated carbocycles. The van der Waals surface area contributed by atoms with Crippen LogP contribution in [0.2, 0.25) is 0 Å². The minimum absolute atomic E-state index is 0.0673. The topological polar surface area (TPSA) is 104 Å². The Hall–Kier alpha value is -2.53. The van der Waals surface area contributed by atoms with Gasteiger partial charge in [0.1, 0.15) is 0 Å². The quantitative estimate of drug-likeness (QED) is 0.483. The molecule has 1 N–H and O–H groups in total. The lowest BCUT2D eigenvalue weighted by atomic mass is 10.2. The third kappa shape index (κ3) is 2.04. The molecule has 0 atom stereocenters. The number of aromatic nitrogens is 2. The second kappa shape index (κ2) is 4.54. The van der Waals surface area contributed by atoms with Gasteiger partial charge in [-0.25, -0.2) is 4.79 Å². The lowest BCUT2D eigenvalue weighted by Crippen LogP contribution is -2.35. The van der Waals surface area contributed by atoms with Crippen molar-refractivity contribution in [1.82, 2.24) is 9.55 Å². The Kier molecular flexibility index (Phi) is 2.93. The van der Waals surface area contributed by atoms with Crippen LogP contribution in [0.4, 0.5) is 0 Å². The average Bonchev–Trinajstić information content (AvgIpc) is 2.33. The Morgan fingerprint density at radius 2 is 2.12 bits per heavy atom. The number of azide groups is 1. The van der Waals surface area contributed by atoms with Crippen molar-refractivity contribution in [3.63, 3.8) is 0 Å². The number of fused-ring (bicyclic) bond motifs is 1. The van der Waals surface area contributed by atoms with Gasteiger partial charge >= 0.3 is 5.69 Å². The molecule has 1 heterocycles. The van der Waals surface area contributed by atoms with Crippen LogP contribution in [0.1, 0.15) is 0 Å². The van der Waals surface area contributed by atoms with Crippen molar-refractivity contribution in [2.45, 2.75) is 6.54 Å². The molecule has 0 bridgehead atoms. The smallest absolute Gasteiger partial charge is 0.307 e. The summed E-state index contributed by atoms with van der Waals surface area (Å²) in [6.07, 6.45) is 0. The zero-order valence-electron chi connectivity index (χ0n) is 8.83. The van der Waals surface area contributed by atoms with Crippen molar-refractivity contribution >= 4 is 10.9 Å². The number of aromatic amines is 1. The highest BCUT2D eigenvalue weighted by Crippen LogP contribution is 2.02. The van der Waals surface area contributed by atoms with Crippen LogP contribution in [0, 0.1) is 0 Å². The highest BCUT2D eigenvalue weighted by atomic mass is 16.2. The minimum Gasteiger partial charge on any atom is -0.307 e. The van der Waals surface area contributed by atoms with Gasteiger partial charge in [-0.05, 0) is 17.7 Å². The summed E-state index contributed by atoms with van der Waals surface area (Å²) in [5, 5.41) is 3.74. The molecular formula is C10H9N5O2. The number of nitrogens with one attached hydrogen (secondary N) is 1. The van der Waals surface area contributed by atoms with Gasteiger partial charge in [0, 0.05) is 18.0 Å². The maximum atomic E-state index is 12.0. The van der Waals surface area contributed by atoms with Gasteiger partial charge in [-0.2, -0.15) is 0 Å². The molecule has 0 amide bonds. The normalized spacial score (nSPS) is 10.1. The van der Waals surface area contributed by atoms with Crippen LogP contribution in [0.5, 0.6) is 0 Å². The zero-order valence-corrected chi connectivity index (χ0v) is 8.83. The van der Waals surface area contributed by atoms with Crippen LogP contribution in [0.3, 0.4) is 0 Å². The fourth-order valence-corrected chi connectivity index (χ4v) is 1.59. The zero-order chi connectivity index (χ0) is 12.3. The van der Waals surface area contributed by atoms with Gasteiger partial charge < -0.3 is 4.98 Å². The van der Waals surface area contributed by atoms with Gasteiger partial charge in [-0.1, -0.05) is 17.2 Å². The fraction of sp³-hybridized carbons (Fsp3) is 0.200. The van der Waals surface area contributed by atoms with Crippen LogP contribution in [0.25, 0.3) is 21.3 Å². The molecule has 0 saturated heterocycles. The number of nitrogens with zero attached hydrogens (tertiary/aromatic N) is 4. The number of rotatable bonds is 3. The van der Waals surface area contributed by atoms with Gasteiger partial charge in [-0.3, -0.25) is 9.36 Å². The summed E-state index contributed by atoms with van der Waals surface area (Å²) in [6, 6.07) is 6.76. The van der Waals surface area contributed by atoms with E-state index in [9.17, 15) is 9.59 Å². The Labute approximate surface area is 94.9 Å². The monoisotopic (exact) mass is 231 g/mol. The van der Waals surface area contributed by atoms with E-state index in [4.69, 9.17) is 5.53 Å². The number of hydrogen-bond donors (Lipinski definition) is 1. The molecule has 1 aromatic heterocycles. The summed E-state index contributed by atoms with van der Waals surface area (Å²) < 4.78 is 1.02. The summed E-state index contributed by atoms with van der Waals surface area (Å²) in [4.78, 5) is 28.7. The lowest BCUT2D eigenvalue weighted by Gasteiger charge is -2.03. The third-order valence-corrected chi connectivity index (χ3v) is 2.38. The predicted molar refractivity (Wildman–Crippen MR) is 62.8 cm³/mol. The molecule has 1 aromatic carbocycles. The molecule has 7 nitrogen and oxygen atoms in total. The van der Waals surface area contributed by atoms with E-state index in [1.165, 1.54) is 0 Å². The Bertz CT molecular complexity index is 708. The highest BCUT2D eigenvalue weighted by Gasteiger charge is 2.05. The van der Waals surface area contributed by atoms with Gasteiger partial charge in [0.05, 0.1) is 10.9 Å². The first-order valence-corrected chi connectivity index (χ1v) is 4.97. The van der Waals surface area contributed by atoms with Crippen LogP contribution in [0.15, 0.2) is 39.0 Å². The summed E-state index contributed by atoms with van der Waals surface area (Å²) in [5.74, 6) is 0. The molecule has 2 aromatic rings. The molecule has 0 spiro atoms. The van der Waals surface area contributed by atoms with Gasteiger partial charge in [0.2, 0.25) is 0 Å². The summed E-state index contributed by atoms with van der Waals surface area (Å²) in [7, 11) is 0. The first kappa shape index (κ1) is 11.0. The Balaban J connectivity index is 2.60. The van der Waals surface area contributed by atoms with E-state index in [-0.39, 0.29) is 18.6 Å². The summed E-state index contributed by atoms with van der Waals surface area (Å²) in [5.41, 5.74) is 7.77. The Morgan fingerprint density at radius 1 is 1.35 bits per heavy atom. The van der Waals surface area contributed by atoms with Gasteiger partial charge in [-0.15, -0.1) is 0 Å². The molecule has 0 fully saturated rings. The second-order valence-corrected chi connectivity index (χ2v) is 3.39. The van der Waals surface area contributed by atoms with Crippen molar-refractivity contribution in [2.75, 3.05) is 6.54 Å². The summed E-state index contributed by atoms with van der Waals surface area (Å²) >= 11 is 0. The van der Waals surface area contributed by atoms with Crippen molar-refractivity contribution in [2.24, 2.45) is 5.11 Å². The largest absolute Gasteiger partial charge is 0.328 e. The molecule has 2 rings (SSSR count). The number of para-hydroxylation sites is 1. The number of hydrogen-bond acceptors (Lipinski definition) is 3. The molecule has 86 valence electrons. The maximum Gasteiger partial charge on any atom is 0.328 e. The van der Waals surface area contributed by atoms with Gasteiger partial charge in [0.15, 0.2) is 0 Å². The van der Waals surface area contributed by atoms with E-state index in [1.54, 1.807) is 24.3 Å². The van der Waals surface area contributed by atoms with Crippen LogP contribution < -0.4 is 11.2 Å². The predicted octanol–water partition coefficient (Wildman–Crippen LogP) is 1.00. The average molecular weight is 231 g/mol. The Morgan fingerprint density at radius 3 is 2.88 bits per heavy atom. The number of benzene rings is 1. The lowest BCUT2D eigenvalue weighted by molar-refractivity contribution is 0.645. The first-order chi connectivity index (χ1) is 8.24. The first-order valence-electron chi connectivity index (χ1n) is 4.97. The molecule has 0 radical (unpaired) electrons. The molecular weight excluding hydrogens is 222 g/mol. The summed E-state index contributed by atoms with van der Waals surface area (Å²) in [6.45, 7) is 0.140. The molecule has 0 aliphatic carbocycles. The van der Waals surface area contributed by atoms with Crippen LogP contribution >= 0.6 is 0 Å². The van der Waals surface area contributed by atoms with E-state index in [0.29, 0.717) is 10.9 Å². The van der Waals surface area contributed by atoms with E-state index >= 15 is 0 Å². The van der Waals surface area contributed by atoms with E-state index in [1.807, 2.05) is 0 Å². The van der Waals surface area contributed by atoms with Crippen LogP contribution in [-0.4, -0.2) is 16.1 Å². The van der Waals surface area contributed by atoms with Crippen molar-refractivity contribution in [3.8, 4) is 0 Å². The van der Waals surface area contributed by atoms with E-state index in [2.05, 4.69) is 15.0 Å². The maximum absolute atomic E-state index is 12.0. The van der Waals surface area contributed by atoms with Crippen molar-refractivity contribution in [1.29, 1.82) is 0 Å². The fourth-order valence-electron chi connectivity index (χ4n) is 1.59. The molecule has 0 aliphatic rings. The van der Waals surface area contributed by atoms with E-state index < -0.39 is 5.69 Å².